The Kier molecular flexibility index (Phi) is 61.8. The van der Waals surface area contributed by atoms with Crippen molar-refractivity contribution in [2.24, 2.45) is 0 Å². The molecule has 0 saturated heterocycles. The standard InChI is InChI=1S/C71H122O6/c1-4-7-10-13-16-19-22-25-27-29-30-31-32-33-34-35-36-37-38-39-40-42-43-46-49-52-55-58-61-64-70(73)76-67-68(66-75-69(72)63-60-57-54-51-48-45-24-21-18-15-12-9-6-3)77-71(74)65-62-59-56-53-50-47-44-41-28-26-23-20-17-14-11-8-5-2/h7,10,12,15-16,19,21,24-25,27,30-31,33-34,36-37,68H,4-6,8-9,11,13-14,17-18,20,22-23,26,28-29,32,35,38-67H2,1-3H3/b10-7-,15-12-,19-16-,24-21-,27-25-,31-30-,34-33-,37-36-. The van der Waals surface area contributed by atoms with Crippen LogP contribution in [-0.4, -0.2) is 37.2 Å². The fourth-order valence-electron chi connectivity index (χ4n) is 9.19. The molecule has 0 aromatic carbocycles. The van der Waals surface area contributed by atoms with E-state index in [-0.39, 0.29) is 31.1 Å². The number of unbranched alkanes of at least 4 members (excludes halogenated alkanes) is 32. The topological polar surface area (TPSA) is 78.9 Å². The number of hydrogen-bond acceptors (Lipinski definition) is 6. The minimum Gasteiger partial charge on any atom is -0.462 e. The summed E-state index contributed by atoms with van der Waals surface area (Å²) in [5.41, 5.74) is 0. The maximum Gasteiger partial charge on any atom is 0.306 e. The van der Waals surface area contributed by atoms with Crippen LogP contribution in [0.3, 0.4) is 0 Å². The Balaban J connectivity index is 4.28. The van der Waals surface area contributed by atoms with Crippen molar-refractivity contribution in [1.82, 2.24) is 0 Å². The molecule has 0 amide bonds. The van der Waals surface area contributed by atoms with Crippen LogP contribution in [0.5, 0.6) is 0 Å². The van der Waals surface area contributed by atoms with Crippen LogP contribution in [0.15, 0.2) is 97.2 Å². The minimum absolute atomic E-state index is 0.0816. The molecular weight excluding hydrogens is 949 g/mol. The lowest BCUT2D eigenvalue weighted by Gasteiger charge is -2.18. The maximum atomic E-state index is 12.9. The molecular formula is C71H122O6. The van der Waals surface area contributed by atoms with E-state index >= 15 is 0 Å². The Bertz CT molecular complexity index is 1510. The number of carbonyl (C=O) groups is 3. The van der Waals surface area contributed by atoms with Gasteiger partial charge >= 0.3 is 17.9 Å². The zero-order valence-corrected chi connectivity index (χ0v) is 50.7. The molecule has 0 aromatic rings. The maximum absolute atomic E-state index is 12.9. The summed E-state index contributed by atoms with van der Waals surface area (Å²) in [6.45, 7) is 6.48. The summed E-state index contributed by atoms with van der Waals surface area (Å²) < 4.78 is 16.9. The van der Waals surface area contributed by atoms with Crippen molar-refractivity contribution in [3.8, 4) is 0 Å². The zero-order chi connectivity index (χ0) is 55.7. The van der Waals surface area contributed by atoms with E-state index in [9.17, 15) is 14.4 Å². The van der Waals surface area contributed by atoms with Gasteiger partial charge in [0.05, 0.1) is 0 Å². The summed E-state index contributed by atoms with van der Waals surface area (Å²) in [7, 11) is 0. The lowest BCUT2D eigenvalue weighted by atomic mass is 10.0. The molecule has 0 saturated carbocycles. The average molecular weight is 1070 g/mol. The van der Waals surface area contributed by atoms with Gasteiger partial charge in [-0.15, -0.1) is 0 Å². The van der Waals surface area contributed by atoms with Gasteiger partial charge < -0.3 is 14.2 Å². The number of allylic oxidation sites excluding steroid dienone is 16. The summed E-state index contributed by atoms with van der Waals surface area (Å²) >= 11 is 0. The third-order valence-electron chi connectivity index (χ3n) is 14.1. The van der Waals surface area contributed by atoms with E-state index in [2.05, 4.69) is 118 Å². The Labute approximate surface area is 477 Å². The molecule has 6 heteroatoms. The van der Waals surface area contributed by atoms with Gasteiger partial charge in [-0.3, -0.25) is 14.4 Å². The third kappa shape index (κ3) is 63.0. The fourth-order valence-corrected chi connectivity index (χ4v) is 9.19. The molecule has 0 rings (SSSR count). The van der Waals surface area contributed by atoms with Gasteiger partial charge in [0.25, 0.3) is 0 Å². The summed E-state index contributed by atoms with van der Waals surface area (Å²) in [4.78, 5) is 38.3. The lowest BCUT2D eigenvalue weighted by molar-refractivity contribution is -0.167. The van der Waals surface area contributed by atoms with Crippen LogP contribution in [-0.2, 0) is 28.6 Å². The average Bonchev–Trinajstić information content (AvgIpc) is 3.43. The van der Waals surface area contributed by atoms with Gasteiger partial charge in [-0.05, 0) is 96.3 Å². The first-order chi connectivity index (χ1) is 38.0. The van der Waals surface area contributed by atoms with Gasteiger partial charge in [-0.25, -0.2) is 0 Å². The summed E-state index contributed by atoms with van der Waals surface area (Å²) in [5, 5.41) is 0. The molecule has 6 nitrogen and oxygen atoms in total. The largest absolute Gasteiger partial charge is 0.462 e. The van der Waals surface area contributed by atoms with Crippen molar-refractivity contribution in [2.75, 3.05) is 13.2 Å². The van der Waals surface area contributed by atoms with Crippen LogP contribution >= 0.6 is 0 Å². The smallest absolute Gasteiger partial charge is 0.306 e. The van der Waals surface area contributed by atoms with E-state index in [1.54, 1.807) is 0 Å². The Morgan fingerprint density at radius 3 is 0.844 bits per heavy atom. The van der Waals surface area contributed by atoms with Crippen molar-refractivity contribution in [2.45, 2.75) is 322 Å². The molecule has 0 aliphatic carbocycles. The second-order valence-corrected chi connectivity index (χ2v) is 21.6. The van der Waals surface area contributed by atoms with Crippen LogP contribution in [0.2, 0.25) is 0 Å². The first-order valence-corrected chi connectivity index (χ1v) is 32.7. The lowest BCUT2D eigenvalue weighted by Crippen LogP contribution is -2.30. The van der Waals surface area contributed by atoms with Crippen molar-refractivity contribution >= 4 is 17.9 Å². The number of hydrogen-bond donors (Lipinski definition) is 0. The highest BCUT2D eigenvalue weighted by molar-refractivity contribution is 5.71. The molecule has 0 aromatic heterocycles. The van der Waals surface area contributed by atoms with Crippen molar-refractivity contribution in [1.29, 1.82) is 0 Å². The van der Waals surface area contributed by atoms with E-state index in [0.717, 1.165) is 122 Å². The molecule has 0 N–H and O–H groups in total. The van der Waals surface area contributed by atoms with Crippen LogP contribution in [0.1, 0.15) is 316 Å². The summed E-state index contributed by atoms with van der Waals surface area (Å²) in [6.07, 6.45) is 87.0. The van der Waals surface area contributed by atoms with E-state index < -0.39 is 6.10 Å². The highest BCUT2D eigenvalue weighted by atomic mass is 16.6. The predicted molar refractivity (Wildman–Crippen MR) is 334 cm³/mol. The second kappa shape index (κ2) is 64.9. The van der Waals surface area contributed by atoms with E-state index in [1.807, 2.05) is 0 Å². The Hall–Kier alpha value is -3.67. The van der Waals surface area contributed by atoms with Gasteiger partial charge in [0, 0.05) is 19.3 Å². The first-order valence-electron chi connectivity index (χ1n) is 32.7. The molecule has 0 radical (unpaired) electrons. The van der Waals surface area contributed by atoms with Crippen molar-refractivity contribution in [3.05, 3.63) is 97.2 Å². The van der Waals surface area contributed by atoms with E-state index in [0.29, 0.717) is 19.3 Å². The Morgan fingerprint density at radius 1 is 0.273 bits per heavy atom. The molecule has 77 heavy (non-hydrogen) atoms. The quantitative estimate of drug-likeness (QED) is 0.0261. The number of rotatable bonds is 59. The molecule has 0 bridgehead atoms. The molecule has 442 valence electrons. The molecule has 0 aliphatic heterocycles. The monoisotopic (exact) mass is 1070 g/mol. The van der Waals surface area contributed by atoms with Gasteiger partial charge in [0.15, 0.2) is 6.10 Å². The van der Waals surface area contributed by atoms with Crippen LogP contribution in [0.4, 0.5) is 0 Å². The van der Waals surface area contributed by atoms with E-state index in [4.69, 9.17) is 14.2 Å². The van der Waals surface area contributed by atoms with Crippen LogP contribution in [0.25, 0.3) is 0 Å². The normalized spacial score (nSPS) is 12.7. The highest BCUT2D eigenvalue weighted by Gasteiger charge is 2.19. The number of ether oxygens (including phenoxy) is 3. The van der Waals surface area contributed by atoms with Crippen molar-refractivity contribution in [3.63, 3.8) is 0 Å². The third-order valence-corrected chi connectivity index (χ3v) is 14.1. The van der Waals surface area contributed by atoms with Crippen molar-refractivity contribution < 1.29 is 28.6 Å². The second-order valence-electron chi connectivity index (χ2n) is 21.6. The number of esters is 3. The van der Waals surface area contributed by atoms with Crippen LogP contribution < -0.4 is 0 Å². The molecule has 1 atom stereocenters. The van der Waals surface area contributed by atoms with Gasteiger partial charge in [-0.1, -0.05) is 298 Å². The fraction of sp³-hybridized carbons (Fsp3) is 0.732. The summed E-state index contributed by atoms with van der Waals surface area (Å²) in [6, 6.07) is 0. The summed E-state index contributed by atoms with van der Waals surface area (Å²) in [5.74, 6) is -0.887. The Morgan fingerprint density at radius 2 is 0.532 bits per heavy atom. The molecule has 1 unspecified atom stereocenters. The van der Waals surface area contributed by atoms with Gasteiger partial charge in [0.1, 0.15) is 13.2 Å². The predicted octanol–water partition coefficient (Wildman–Crippen LogP) is 22.4. The SMILES string of the molecule is CC/C=C\C/C=C\C/C=C\C/C=C\C/C=C\C/C=C\CCCCCCCCCCCCC(=O)OCC(COC(=O)CCCCCCC/C=C\C/C=C\CCC)OC(=O)CCCCCCCCCCCCCCCCCCC. The van der Waals surface area contributed by atoms with Gasteiger partial charge in [0.2, 0.25) is 0 Å². The molecule has 0 aliphatic rings. The first kappa shape index (κ1) is 73.3. The minimum atomic E-state index is -0.784. The van der Waals surface area contributed by atoms with Gasteiger partial charge in [-0.2, -0.15) is 0 Å². The molecule has 0 fully saturated rings. The highest BCUT2D eigenvalue weighted by Crippen LogP contribution is 2.17. The van der Waals surface area contributed by atoms with Crippen LogP contribution in [0, 0.1) is 0 Å². The molecule has 0 spiro atoms. The number of carbonyl (C=O) groups excluding carboxylic acids is 3. The van der Waals surface area contributed by atoms with E-state index in [1.165, 1.54) is 154 Å². The zero-order valence-electron chi connectivity index (χ0n) is 50.7. The molecule has 0 heterocycles.